The van der Waals surface area contributed by atoms with Gasteiger partial charge in [0.05, 0.1) is 24.9 Å². The molecule has 4 heteroatoms. The summed E-state index contributed by atoms with van der Waals surface area (Å²) in [5, 5.41) is 3.56. The third-order valence-corrected chi connectivity index (χ3v) is 4.17. The Balaban J connectivity index is 2.88. The summed E-state index contributed by atoms with van der Waals surface area (Å²) < 4.78 is 5.64. The minimum Gasteiger partial charge on any atom is -0.380 e. The van der Waals surface area contributed by atoms with Gasteiger partial charge in [-0.3, -0.25) is 10.1 Å². The minimum absolute atomic E-state index is 0.0237. The summed E-state index contributed by atoms with van der Waals surface area (Å²) in [6.07, 6.45) is 3.17. The van der Waals surface area contributed by atoms with Gasteiger partial charge in [0.15, 0.2) is 0 Å². The van der Waals surface area contributed by atoms with Gasteiger partial charge in [-0.2, -0.15) is 0 Å². The van der Waals surface area contributed by atoms with Crippen LogP contribution in [0.25, 0.3) is 0 Å². The molecule has 0 saturated carbocycles. The maximum absolute atomic E-state index is 12.8. The Morgan fingerprint density at radius 1 is 1.24 bits per heavy atom. The quantitative estimate of drug-likeness (QED) is 0.711. The van der Waals surface area contributed by atoms with Gasteiger partial charge >= 0.3 is 0 Å². The van der Waals surface area contributed by atoms with Gasteiger partial charge in [-0.1, -0.05) is 41.0 Å². The summed E-state index contributed by atoms with van der Waals surface area (Å²) >= 11 is 0. The molecule has 0 radical (unpaired) electrons. The van der Waals surface area contributed by atoms with E-state index in [-0.39, 0.29) is 24.2 Å². The first-order valence-corrected chi connectivity index (χ1v) is 8.58. The smallest absolute Gasteiger partial charge is 0.241 e. The van der Waals surface area contributed by atoms with Crippen molar-refractivity contribution in [2.75, 3.05) is 13.2 Å². The lowest BCUT2D eigenvalue weighted by molar-refractivity contribution is -0.135. The summed E-state index contributed by atoms with van der Waals surface area (Å²) in [7, 11) is 0. The summed E-state index contributed by atoms with van der Waals surface area (Å²) in [4.78, 5) is 14.9. The molecule has 0 aromatic heterocycles. The molecule has 4 nitrogen and oxygen atoms in total. The van der Waals surface area contributed by atoms with Gasteiger partial charge in [0.1, 0.15) is 0 Å². The van der Waals surface area contributed by atoms with E-state index in [9.17, 15) is 4.79 Å². The molecule has 0 aliphatic carbocycles. The summed E-state index contributed by atoms with van der Waals surface area (Å²) in [5.41, 5.74) is 0. The van der Waals surface area contributed by atoms with E-state index in [1.165, 1.54) is 0 Å². The van der Waals surface area contributed by atoms with Crippen LogP contribution >= 0.6 is 0 Å². The maximum atomic E-state index is 12.8. The molecule has 0 bridgehead atoms. The Hall–Kier alpha value is -0.610. The Bertz CT molecular complexity index is 318. The highest BCUT2D eigenvalue weighted by Crippen LogP contribution is 2.25. The molecular weight excluding hydrogens is 264 g/mol. The number of nitrogens with zero attached hydrogens (tertiary/aromatic N) is 1. The standard InChI is InChI=1S/C17H34N2O2/c1-7-9-16-18-14(10-12(3)4)17(20)19(16)15(13(5)6)11-21-8-2/h12-16,18H,7-11H2,1-6H3. The molecule has 0 aromatic rings. The molecule has 3 atom stereocenters. The predicted molar refractivity (Wildman–Crippen MR) is 87.0 cm³/mol. The van der Waals surface area contributed by atoms with Crippen LogP contribution in [0.15, 0.2) is 0 Å². The molecule has 1 rings (SSSR count). The number of ether oxygens (including phenoxy) is 1. The second kappa shape index (κ2) is 8.74. The second-order valence-electron chi connectivity index (χ2n) is 6.87. The number of nitrogens with one attached hydrogen (secondary N) is 1. The molecule has 1 saturated heterocycles. The topological polar surface area (TPSA) is 41.6 Å². The van der Waals surface area contributed by atoms with Crippen molar-refractivity contribution in [3.8, 4) is 0 Å². The van der Waals surface area contributed by atoms with E-state index in [0.717, 1.165) is 19.3 Å². The highest BCUT2D eigenvalue weighted by molar-refractivity contribution is 5.84. The molecule has 1 aliphatic rings. The van der Waals surface area contributed by atoms with Gasteiger partial charge in [-0.05, 0) is 31.6 Å². The molecular formula is C17H34N2O2. The van der Waals surface area contributed by atoms with Gasteiger partial charge in [-0.25, -0.2) is 0 Å². The van der Waals surface area contributed by atoms with Crippen molar-refractivity contribution in [3.63, 3.8) is 0 Å². The van der Waals surface area contributed by atoms with Crippen molar-refractivity contribution >= 4 is 5.91 Å². The zero-order chi connectivity index (χ0) is 16.0. The molecule has 0 spiro atoms. The lowest BCUT2D eigenvalue weighted by Crippen LogP contribution is -2.49. The predicted octanol–water partition coefficient (Wildman–Crippen LogP) is 3.02. The number of carbonyl (C=O) groups is 1. The second-order valence-corrected chi connectivity index (χ2v) is 6.87. The average Bonchev–Trinajstić information content (AvgIpc) is 2.67. The largest absolute Gasteiger partial charge is 0.380 e. The summed E-state index contributed by atoms with van der Waals surface area (Å²) in [6.45, 7) is 14.2. The SMILES string of the molecule is CCCC1NC(CC(C)C)C(=O)N1C(COCC)C(C)C. The van der Waals surface area contributed by atoms with Gasteiger partial charge in [0, 0.05) is 6.61 Å². The number of amides is 1. The zero-order valence-corrected chi connectivity index (χ0v) is 14.7. The van der Waals surface area contributed by atoms with E-state index in [1.807, 2.05) is 6.92 Å². The molecule has 1 heterocycles. The number of hydrogen-bond acceptors (Lipinski definition) is 3. The van der Waals surface area contributed by atoms with Crippen molar-refractivity contribution in [1.82, 2.24) is 10.2 Å². The van der Waals surface area contributed by atoms with Crippen molar-refractivity contribution in [2.24, 2.45) is 11.8 Å². The third kappa shape index (κ3) is 4.96. The van der Waals surface area contributed by atoms with Gasteiger partial charge in [0.2, 0.25) is 5.91 Å². The van der Waals surface area contributed by atoms with E-state index in [4.69, 9.17) is 4.74 Å². The van der Waals surface area contributed by atoms with Crippen LogP contribution in [0.4, 0.5) is 0 Å². The minimum atomic E-state index is -0.0237. The lowest BCUT2D eigenvalue weighted by atomic mass is 10.0. The first-order chi connectivity index (χ1) is 9.92. The molecule has 1 fully saturated rings. The fourth-order valence-corrected chi connectivity index (χ4v) is 3.08. The van der Waals surface area contributed by atoms with E-state index < -0.39 is 0 Å². The molecule has 1 N–H and O–H groups in total. The fourth-order valence-electron chi connectivity index (χ4n) is 3.08. The first-order valence-electron chi connectivity index (χ1n) is 8.58. The Morgan fingerprint density at radius 2 is 1.90 bits per heavy atom. The molecule has 21 heavy (non-hydrogen) atoms. The number of carbonyl (C=O) groups excluding carboxylic acids is 1. The highest BCUT2D eigenvalue weighted by Gasteiger charge is 2.42. The van der Waals surface area contributed by atoms with Crippen molar-refractivity contribution in [2.45, 2.75) is 79.1 Å². The monoisotopic (exact) mass is 298 g/mol. The third-order valence-electron chi connectivity index (χ3n) is 4.17. The van der Waals surface area contributed by atoms with Crippen LogP contribution in [0, 0.1) is 11.8 Å². The first kappa shape index (κ1) is 18.4. The Morgan fingerprint density at radius 3 is 2.38 bits per heavy atom. The van der Waals surface area contributed by atoms with Gasteiger partial charge < -0.3 is 9.64 Å². The fraction of sp³-hybridized carbons (Fsp3) is 0.941. The van der Waals surface area contributed by atoms with E-state index >= 15 is 0 Å². The van der Waals surface area contributed by atoms with Crippen LogP contribution in [0.1, 0.15) is 60.8 Å². The van der Waals surface area contributed by atoms with E-state index in [2.05, 4.69) is 44.8 Å². The molecule has 0 aromatic carbocycles. The number of hydrogen-bond donors (Lipinski definition) is 1. The van der Waals surface area contributed by atoms with Crippen LogP contribution in [0.5, 0.6) is 0 Å². The lowest BCUT2D eigenvalue weighted by Gasteiger charge is -2.35. The highest BCUT2D eigenvalue weighted by atomic mass is 16.5. The van der Waals surface area contributed by atoms with Crippen LogP contribution in [-0.4, -0.2) is 42.3 Å². The van der Waals surface area contributed by atoms with Crippen LogP contribution in [-0.2, 0) is 9.53 Å². The summed E-state index contributed by atoms with van der Waals surface area (Å²) in [5.74, 6) is 1.19. The average molecular weight is 298 g/mol. The van der Waals surface area contributed by atoms with Crippen molar-refractivity contribution in [1.29, 1.82) is 0 Å². The zero-order valence-electron chi connectivity index (χ0n) is 14.7. The summed E-state index contributed by atoms with van der Waals surface area (Å²) in [6, 6.07) is 0.142. The van der Waals surface area contributed by atoms with E-state index in [1.54, 1.807) is 0 Å². The van der Waals surface area contributed by atoms with Gasteiger partial charge in [-0.15, -0.1) is 0 Å². The molecule has 3 unspecified atom stereocenters. The Kier molecular flexibility index (Phi) is 7.67. The molecule has 1 aliphatic heterocycles. The van der Waals surface area contributed by atoms with Crippen LogP contribution in [0.2, 0.25) is 0 Å². The van der Waals surface area contributed by atoms with Crippen molar-refractivity contribution in [3.05, 3.63) is 0 Å². The Labute approximate surface area is 130 Å². The van der Waals surface area contributed by atoms with Crippen LogP contribution < -0.4 is 5.32 Å². The number of rotatable bonds is 9. The maximum Gasteiger partial charge on any atom is 0.241 e. The van der Waals surface area contributed by atoms with E-state index in [0.29, 0.717) is 25.0 Å². The normalized spacial score (nSPS) is 24.4. The molecule has 124 valence electrons. The van der Waals surface area contributed by atoms with Crippen LogP contribution in [0.3, 0.4) is 0 Å². The molecule has 1 amide bonds. The van der Waals surface area contributed by atoms with Crippen molar-refractivity contribution < 1.29 is 9.53 Å². The van der Waals surface area contributed by atoms with Gasteiger partial charge in [0.25, 0.3) is 0 Å².